The highest BCUT2D eigenvalue weighted by Gasteiger charge is 2.67. The second-order valence-corrected chi connectivity index (χ2v) is 16.7. The van der Waals surface area contributed by atoms with Gasteiger partial charge in [0.25, 0.3) is 0 Å². The van der Waals surface area contributed by atoms with E-state index in [0.717, 1.165) is 24.0 Å². The van der Waals surface area contributed by atoms with E-state index in [-0.39, 0.29) is 23.6 Å². The van der Waals surface area contributed by atoms with Crippen LogP contribution in [0.1, 0.15) is 71.9 Å². The van der Waals surface area contributed by atoms with Crippen molar-refractivity contribution < 1.29 is 28.5 Å². The zero-order valence-corrected chi connectivity index (χ0v) is 33.3. The van der Waals surface area contributed by atoms with E-state index in [9.17, 15) is 9.59 Å². The predicted octanol–water partition coefficient (Wildman–Crippen LogP) is 10.2. The molecule has 276 valence electrons. The molecule has 1 aliphatic carbocycles. The largest absolute Gasteiger partial charge is 0.444 e. The third kappa shape index (κ3) is 10.0. The van der Waals surface area contributed by atoms with Gasteiger partial charge in [0.1, 0.15) is 11.2 Å². The Kier molecular flexibility index (Phi) is 13.5. The molecule has 0 bridgehead atoms. The number of hydrogen-bond acceptors (Lipinski definition) is 6. The van der Waals surface area contributed by atoms with Crippen LogP contribution in [0.2, 0.25) is 20.1 Å². The summed E-state index contributed by atoms with van der Waals surface area (Å²) in [6.07, 6.45) is 3.90. The van der Waals surface area contributed by atoms with Crippen molar-refractivity contribution in [2.75, 3.05) is 47.1 Å². The van der Waals surface area contributed by atoms with E-state index in [1.54, 1.807) is 25.2 Å². The first-order valence-corrected chi connectivity index (χ1v) is 18.5. The minimum Gasteiger partial charge on any atom is -0.444 e. The first-order valence-electron chi connectivity index (χ1n) is 17.0. The second kappa shape index (κ2) is 16.6. The summed E-state index contributed by atoms with van der Waals surface area (Å²) >= 11 is 24.5. The molecule has 2 aliphatic heterocycles. The lowest BCUT2D eigenvalue weighted by Gasteiger charge is -2.36. The van der Waals surface area contributed by atoms with Crippen LogP contribution in [0.5, 0.6) is 0 Å². The van der Waals surface area contributed by atoms with Gasteiger partial charge in [-0.15, -0.1) is 0 Å². The standard InChI is InChI=1S/2C19H25Cl2NO3/c1-18(2,3)25-17(23)22-8-7-19(13(10-22)14(19)11-24-4)12-5-6-15(20)16(21)9-12;1-19(2,3)25-18(23)22-9-7-14(11-15(22)8-10-24-4)13-5-6-16(20)17(21)12-13/h5-6,9,13-14H,7-8,10-11H2,1-4H3;5-6,11-12,15H,7-10H2,1-4H3/t13-,14?,19+;/m0./s1. The average molecular weight is 773 g/mol. The Hall–Kier alpha value is -2.20. The van der Waals surface area contributed by atoms with Crippen molar-refractivity contribution in [3.63, 3.8) is 0 Å². The highest BCUT2D eigenvalue weighted by Crippen LogP contribution is 2.64. The van der Waals surface area contributed by atoms with Crippen molar-refractivity contribution in [1.82, 2.24) is 9.80 Å². The van der Waals surface area contributed by atoms with Crippen LogP contribution >= 0.6 is 46.4 Å². The van der Waals surface area contributed by atoms with Gasteiger partial charge in [0.15, 0.2) is 0 Å². The second-order valence-electron chi connectivity index (χ2n) is 15.1. The van der Waals surface area contributed by atoms with Crippen LogP contribution in [0.15, 0.2) is 42.5 Å². The van der Waals surface area contributed by atoms with Gasteiger partial charge < -0.3 is 28.7 Å². The summed E-state index contributed by atoms with van der Waals surface area (Å²) in [6.45, 7) is 14.5. The third-order valence-corrected chi connectivity index (χ3v) is 10.8. The zero-order chi connectivity index (χ0) is 37.0. The van der Waals surface area contributed by atoms with Gasteiger partial charge in [-0.2, -0.15) is 0 Å². The summed E-state index contributed by atoms with van der Waals surface area (Å²) < 4.78 is 21.7. The van der Waals surface area contributed by atoms with E-state index in [1.165, 1.54) is 5.56 Å². The van der Waals surface area contributed by atoms with Gasteiger partial charge in [-0.25, -0.2) is 9.59 Å². The Morgan fingerprint density at radius 3 is 2.02 bits per heavy atom. The monoisotopic (exact) mass is 770 g/mol. The molecule has 2 aromatic rings. The van der Waals surface area contributed by atoms with Crippen LogP contribution < -0.4 is 0 Å². The molecular weight excluding hydrogens is 722 g/mol. The molecule has 0 N–H and O–H groups in total. The molecular formula is C38H50Cl4N2O6. The zero-order valence-electron chi connectivity index (χ0n) is 30.3. The number of hydrogen-bond donors (Lipinski definition) is 0. The third-order valence-electron chi connectivity index (χ3n) is 9.32. The van der Waals surface area contributed by atoms with Crippen molar-refractivity contribution >= 4 is 64.2 Å². The van der Waals surface area contributed by atoms with E-state index in [4.69, 9.17) is 65.4 Å². The van der Waals surface area contributed by atoms with E-state index in [0.29, 0.717) is 71.2 Å². The molecule has 0 radical (unpaired) electrons. The van der Waals surface area contributed by atoms with Crippen LogP contribution in [0, 0.1) is 11.8 Å². The van der Waals surface area contributed by atoms with Crippen LogP contribution in [0.3, 0.4) is 0 Å². The SMILES string of the molecule is COCC1[C@@H]2CN(C(=O)OC(C)(C)C)CC[C@]12c1ccc(Cl)c(Cl)c1.COCCC1C=C(c2ccc(Cl)c(Cl)c2)CCN1C(=O)OC(C)(C)C. The van der Waals surface area contributed by atoms with Crippen LogP contribution in [-0.4, -0.2) is 86.3 Å². The molecule has 4 atom stereocenters. The Morgan fingerprint density at radius 1 is 0.820 bits per heavy atom. The van der Waals surface area contributed by atoms with E-state index in [1.807, 2.05) is 70.7 Å². The normalized spacial score (nSPS) is 23.3. The highest BCUT2D eigenvalue weighted by molar-refractivity contribution is 6.42. The predicted molar refractivity (Wildman–Crippen MR) is 202 cm³/mol. The number of likely N-dealkylation sites (tertiary alicyclic amines) is 1. The highest BCUT2D eigenvalue weighted by atomic mass is 35.5. The molecule has 50 heavy (non-hydrogen) atoms. The van der Waals surface area contributed by atoms with Crippen LogP contribution in [0.25, 0.3) is 5.57 Å². The summed E-state index contributed by atoms with van der Waals surface area (Å²) in [7, 11) is 3.38. The fourth-order valence-electron chi connectivity index (χ4n) is 6.98. The summed E-state index contributed by atoms with van der Waals surface area (Å²) in [5, 5.41) is 2.20. The molecule has 0 aromatic heterocycles. The van der Waals surface area contributed by atoms with Gasteiger partial charge in [-0.3, -0.25) is 0 Å². The molecule has 1 saturated heterocycles. The molecule has 2 heterocycles. The van der Waals surface area contributed by atoms with E-state index < -0.39 is 11.2 Å². The van der Waals surface area contributed by atoms with Gasteiger partial charge >= 0.3 is 12.2 Å². The average Bonchev–Trinajstić information content (AvgIpc) is 3.68. The Bertz CT molecular complexity index is 1550. The Labute approximate surface area is 317 Å². The van der Waals surface area contributed by atoms with Crippen molar-refractivity contribution in [2.24, 2.45) is 11.8 Å². The summed E-state index contributed by atoms with van der Waals surface area (Å²) in [4.78, 5) is 28.5. The molecule has 3 aliphatic rings. The summed E-state index contributed by atoms with van der Waals surface area (Å²) in [5.41, 5.74) is 2.39. The fraction of sp³-hybridized carbons (Fsp3) is 0.579. The molecule has 0 spiro atoms. The Balaban J connectivity index is 0.000000225. The number of fused-ring (bicyclic) bond motifs is 1. The lowest BCUT2D eigenvalue weighted by molar-refractivity contribution is 0.0166. The number of piperidine rings is 1. The van der Waals surface area contributed by atoms with Gasteiger partial charge in [0.2, 0.25) is 0 Å². The van der Waals surface area contributed by atoms with Gasteiger partial charge in [0.05, 0.1) is 32.7 Å². The first kappa shape index (κ1) is 40.6. The number of carbonyl (C=O) groups excluding carboxylic acids is 2. The lowest BCUT2D eigenvalue weighted by Crippen LogP contribution is -2.45. The van der Waals surface area contributed by atoms with Gasteiger partial charge in [-0.05, 0) is 114 Å². The number of methoxy groups -OCH3 is 2. The maximum absolute atomic E-state index is 12.5. The maximum atomic E-state index is 12.5. The number of amides is 2. The number of nitrogens with zero attached hydrogens (tertiary/aromatic N) is 2. The number of benzene rings is 2. The quantitative estimate of drug-likeness (QED) is 0.279. The van der Waals surface area contributed by atoms with E-state index >= 15 is 0 Å². The maximum Gasteiger partial charge on any atom is 0.410 e. The molecule has 2 aromatic carbocycles. The van der Waals surface area contributed by atoms with Crippen LogP contribution in [0.4, 0.5) is 9.59 Å². The smallest absolute Gasteiger partial charge is 0.410 e. The molecule has 8 nitrogen and oxygen atoms in total. The molecule has 12 heteroatoms. The number of rotatable bonds is 7. The van der Waals surface area contributed by atoms with E-state index in [2.05, 4.69) is 12.1 Å². The molecule has 2 fully saturated rings. The summed E-state index contributed by atoms with van der Waals surface area (Å²) in [6, 6.07) is 11.4. The van der Waals surface area contributed by atoms with Gasteiger partial charge in [-0.1, -0.05) is 64.6 Å². The van der Waals surface area contributed by atoms with Crippen molar-refractivity contribution in [3.05, 3.63) is 73.7 Å². The van der Waals surface area contributed by atoms with Crippen molar-refractivity contribution in [2.45, 2.75) is 83.5 Å². The summed E-state index contributed by atoms with van der Waals surface area (Å²) in [5.74, 6) is 0.730. The van der Waals surface area contributed by atoms with Crippen molar-refractivity contribution in [1.29, 1.82) is 0 Å². The molecule has 2 unspecified atom stereocenters. The number of carbonyl (C=O) groups is 2. The topological polar surface area (TPSA) is 77.5 Å². The molecule has 1 saturated carbocycles. The Morgan fingerprint density at radius 2 is 1.44 bits per heavy atom. The van der Waals surface area contributed by atoms with Crippen LogP contribution in [-0.2, 0) is 24.4 Å². The fourth-order valence-corrected chi connectivity index (χ4v) is 7.58. The first-order chi connectivity index (χ1) is 23.4. The minimum absolute atomic E-state index is 0.0166. The van der Waals surface area contributed by atoms with Crippen molar-refractivity contribution in [3.8, 4) is 0 Å². The lowest BCUT2D eigenvalue weighted by atomic mass is 9.86. The number of ether oxygens (including phenoxy) is 4. The molecule has 2 amide bonds. The molecule has 5 rings (SSSR count). The van der Waals surface area contributed by atoms with Gasteiger partial charge in [0, 0.05) is 45.9 Å². The minimum atomic E-state index is -0.517. The number of halogens is 4.